The molecule has 0 saturated heterocycles. The van der Waals surface area contributed by atoms with E-state index in [-0.39, 0.29) is 0 Å². The first-order valence-electron chi connectivity index (χ1n) is 10.5. The first-order chi connectivity index (χ1) is 12.4. The molecule has 1 unspecified atom stereocenters. The van der Waals surface area contributed by atoms with Crippen LogP contribution in [0.25, 0.3) is 0 Å². The Morgan fingerprint density at radius 2 is 1.31 bits per heavy atom. The van der Waals surface area contributed by atoms with Gasteiger partial charge in [-0.05, 0) is 91.9 Å². The highest BCUT2D eigenvalue weighted by atomic mass is 16.1. The summed E-state index contributed by atoms with van der Waals surface area (Å²) in [6, 6.07) is 0. The second-order valence-electron chi connectivity index (χ2n) is 8.43. The largest absolute Gasteiger partial charge is 0.300 e. The van der Waals surface area contributed by atoms with E-state index in [9.17, 15) is 4.79 Å². The predicted octanol–water partition coefficient (Wildman–Crippen LogP) is 7.89. The minimum atomic E-state index is 0.459. The third-order valence-electron chi connectivity index (χ3n) is 5.30. The van der Waals surface area contributed by atoms with E-state index in [0.29, 0.717) is 11.7 Å². The lowest BCUT2D eigenvalue weighted by molar-refractivity contribution is -0.117. The van der Waals surface area contributed by atoms with Gasteiger partial charge in [0, 0.05) is 12.8 Å². The number of Topliss-reactive ketones (excluding diaryl/α,β-unsaturated/α-hetero) is 1. The van der Waals surface area contributed by atoms with Crippen LogP contribution in [0.5, 0.6) is 0 Å². The van der Waals surface area contributed by atoms with Gasteiger partial charge < -0.3 is 0 Å². The molecule has 0 heterocycles. The van der Waals surface area contributed by atoms with Crippen molar-refractivity contribution in [1.82, 2.24) is 0 Å². The SMILES string of the molecule is CC(C)=CCC/C(C)=C/CC/C(C)=C/CC/C(C)=C/CC1CCC(=O)C1. The number of carbonyl (C=O) groups is 1. The van der Waals surface area contributed by atoms with Gasteiger partial charge in [-0.1, -0.05) is 46.6 Å². The first-order valence-corrected chi connectivity index (χ1v) is 10.5. The van der Waals surface area contributed by atoms with E-state index in [4.69, 9.17) is 0 Å². The molecule has 0 aliphatic heterocycles. The van der Waals surface area contributed by atoms with E-state index in [1.54, 1.807) is 0 Å². The van der Waals surface area contributed by atoms with Gasteiger partial charge in [0.05, 0.1) is 0 Å². The number of hydrogen-bond donors (Lipinski definition) is 0. The third-order valence-corrected chi connectivity index (χ3v) is 5.30. The molecule has 0 amide bonds. The summed E-state index contributed by atoms with van der Waals surface area (Å²) in [7, 11) is 0. The highest BCUT2D eigenvalue weighted by Crippen LogP contribution is 2.26. The van der Waals surface area contributed by atoms with Crippen LogP contribution in [0.2, 0.25) is 0 Å². The maximum absolute atomic E-state index is 11.3. The Balaban J connectivity index is 2.20. The molecule has 1 saturated carbocycles. The fourth-order valence-corrected chi connectivity index (χ4v) is 3.45. The number of ketones is 1. The zero-order valence-electron chi connectivity index (χ0n) is 17.9. The van der Waals surface area contributed by atoms with Gasteiger partial charge in [0.1, 0.15) is 5.78 Å². The molecule has 146 valence electrons. The molecule has 26 heavy (non-hydrogen) atoms. The van der Waals surface area contributed by atoms with Crippen LogP contribution in [0.3, 0.4) is 0 Å². The summed E-state index contributed by atoms with van der Waals surface area (Å²) < 4.78 is 0. The minimum absolute atomic E-state index is 0.459. The fraction of sp³-hybridized carbons (Fsp3) is 0.640. The van der Waals surface area contributed by atoms with E-state index in [2.05, 4.69) is 58.9 Å². The van der Waals surface area contributed by atoms with Crippen LogP contribution >= 0.6 is 0 Å². The van der Waals surface area contributed by atoms with Gasteiger partial charge in [0.15, 0.2) is 0 Å². The molecule has 0 aromatic heterocycles. The molecule has 0 aromatic carbocycles. The van der Waals surface area contributed by atoms with Crippen LogP contribution in [0, 0.1) is 5.92 Å². The molecular weight excluding hydrogens is 316 g/mol. The van der Waals surface area contributed by atoms with Crippen LogP contribution in [0.4, 0.5) is 0 Å². The summed E-state index contributed by atoms with van der Waals surface area (Å²) in [5, 5.41) is 0. The van der Waals surface area contributed by atoms with Crippen molar-refractivity contribution in [2.45, 2.75) is 98.8 Å². The van der Waals surface area contributed by atoms with Crippen LogP contribution in [-0.2, 0) is 4.79 Å². The van der Waals surface area contributed by atoms with E-state index >= 15 is 0 Å². The van der Waals surface area contributed by atoms with Gasteiger partial charge in [-0.2, -0.15) is 0 Å². The quantitative estimate of drug-likeness (QED) is 0.344. The van der Waals surface area contributed by atoms with Crippen molar-refractivity contribution in [2.24, 2.45) is 5.92 Å². The summed E-state index contributed by atoms with van der Waals surface area (Å²) in [5.41, 5.74) is 5.91. The van der Waals surface area contributed by atoms with Gasteiger partial charge >= 0.3 is 0 Å². The van der Waals surface area contributed by atoms with E-state index < -0.39 is 0 Å². The van der Waals surface area contributed by atoms with Crippen molar-refractivity contribution in [3.63, 3.8) is 0 Å². The normalized spacial score (nSPS) is 19.2. The molecule has 1 atom stereocenters. The molecule has 0 N–H and O–H groups in total. The zero-order chi connectivity index (χ0) is 19.4. The molecule has 1 aliphatic carbocycles. The van der Waals surface area contributed by atoms with Gasteiger partial charge in [0.2, 0.25) is 0 Å². The van der Waals surface area contributed by atoms with Crippen molar-refractivity contribution < 1.29 is 4.79 Å². The fourth-order valence-electron chi connectivity index (χ4n) is 3.45. The Morgan fingerprint density at radius 1 is 0.808 bits per heavy atom. The molecule has 0 radical (unpaired) electrons. The number of allylic oxidation sites excluding steroid dienone is 8. The highest BCUT2D eigenvalue weighted by molar-refractivity contribution is 5.80. The van der Waals surface area contributed by atoms with Crippen molar-refractivity contribution in [1.29, 1.82) is 0 Å². The maximum Gasteiger partial charge on any atom is 0.133 e. The lowest BCUT2D eigenvalue weighted by Crippen LogP contribution is -1.93. The van der Waals surface area contributed by atoms with Crippen LogP contribution in [0.15, 0.2) is 46.6 Å². The Morgan fingerprint density at radius 3 is 1.77 bits per heavy atom. The third kappa shape index (κ3) is 11.3. The second-order valence-corrected chi connectivity index (χ2v) is 8.43. The van der Waals surface area contributed by atoms with Crippen molar-refractivity contribution in [3.05, 3.63) is 46.6 Å². The number of carbonyl (C=O) groups excluding carboxylic acids is 1. The maximum atomic E-state index is 11.3. The Hall–Kier alpha value is -1.37. The Bertz CT molecular complexity index is 553. The van der Waals surface area contributed by atoms with Crippen LogP contribution < -0.4 is 0 Å². The molecule has 0 spiro atoms. The summed E-state index contributed by atoms with van der Waals surface area (Å²) in [4.78, 5) is 11.3. The molecule has 1 aliphatic rings. The van der Waals surface area contributed by atoms with Crippen LogP contribution in [-0.4, -0.2) is 5.78 Å². The highest BCUT2D eigenvalue weighted by Gasteiger charge is 2.20. The van der Waals surface area contributed by atoms with Gasteiger partial charge in [-0.15, -0.1) is 0 Å². The molecule has 0 aromatic rings. The van der Waals surface area contributed by atoms with Crippen molar-refractivity contribution in [2.75, 3.05) is 0 Å². The summed E-state index contributed by atoms with van der Waals surface area (Å²) in [6.07, 6.45) is 20.3. The second kappa shape index (κ2) is 12.9. The Labute approximate surface area is 162 Å². The molecule has 0 bridgehead atoms. The van der Waals surface area contributed by atoms with Crippen molar-refractivity contribution in [3.8, 4) is 0 Å². The van der Waals surface area contributed by atoms with Gasteiger partial charge in [-0.25, -0.2) is 0 Å². The number of hydrogen-bond acceptors (Lipinski definition) is 1. The molecule has 1 fully saturated rings. The van der Waals surface area contributed by atoms with Gasteiger partial charge in [-0.3, -0.25) is 4.79 Å². The lowest BCUT2D eigenvalue weighted by atomic mass is 10.0. The summed E-state index contributed by atoms with van der Waals surface area (Å²) >= 11 is 0. The average molecular weight is 357 g/mol. The van der Waals surface area contributed by atoms with Gasteiger partial charge in [0.25, 0.3) is 0 Å². The van der Waals surface area contributed by atoms with E-state index in [1.165, 1.54) is 41.6 Å². The standard InChI is InChI=1S/C25H40O/c1-20(2)9-6-10-21(3)11-7-12-22(4)13-8-14-23(5)15-16-24-17-18-25(26)19-24/h9,11,13,15,24H,6-8,10,12,14,16-19H2,1-5H3/b21-11+,22-13+,23-15+. The van der Waals surface area contributed by atoms with E-state index in [0.717, 1.165) is 44.9 Å². The molecular formula is C25H40O. The lowest BCUT2D eigenvalue weighted by Gasteiger charge is -2.05. The minimum Gasteiger partial charge on any atom is -0.300 e. The summed E-state index contributed by atoms with van der Waals surface area (Å²) in [5.74, 6) is 1.07. The Kier molecular flexibility index (Phi) is 11.2. The number of rotatable bonds is 11. The zero-order valence-corrected chi connectivity index (χ0v) is 17.9. The summed E-state index contributed by atoms with van der Waals surface area (Å²) in [6.45, 7) is 11.1. The van der Waals surface area contributed by atoms with E-state index in [1.807, 2.05) is 0 Å². The van der Waals surface area contributed by atoms with Crippen molar-refractivity contribution >= 4 is 5.78 Å². The first kappa shape index (κ1) is 22.7. The average Bonchev–Trinajstić information content (AvgIpc) is 2.98. The monoisotopic (exact) mass is 356 g/mol. The smallest absolute Gasteiger partial charge is 0.133 e. The predicted molar refractivity (Wildman–Crippen MR) is 115 cm³/mol. The molecule has 1 rings (SSSR count). The topological polar surface area (TPSA) is 17.1 Å². The van der Waals surface area contributed by atoms with Crippen LogP contribution in [0.1, 0.15) is 98.8 Å². The molecule has 1 heteroatoms. The molecule has 1 nitrogen and oxygen atoms in total.